The summed E-state index contributed by atoms with van der Waals surface area (Å²) in [5.41, 5.74) is 0.789. The fraction of sp³-hybridized carbons (Fsp3) is 0.250. The predicted octanol–water partition coefficient (Wildman–Crippen LogP) is 2.43. The number of anilines is 1. The van der Waals surface area contributed by atoms with Crippen molar-refractivity contribution in [2.75, 3.05) is 5.73 Å². The average Bonchev–Trinajstić information content (AvgIpc) is 2.14. The van der Waals surface area contributed by atoms with Crippen LogP contribution in [0.3, 0.4) is 0 Å². The van der Waals surface area contributed by atoms with Crippen LogP contribution in [0.2, 0.25) is 0 Å². The Labute approximate surface area is 86.1 Å². The minimum atomic E-state index is -5.08. The standard InChI is InChI=1S/C8H5F5N2O/c9-7(10)6-5(8(11,12)13)3(2-16)1-4(14)15-6/h1-2,7H,(H2,14,15). The van der Waals surface area contributed by atoms with Crippen molar-refractivity contribution in [1.29, 1.82) is 0 Å². The lowest BCUT2D eigenvalue weighted by molar-refractivity contribution is -0.140. The van der Waals surface area contributed by atoms with Gasteiger partial charge in [0.05, 0.1) is 5.56 Å². The predicted molar refractivity (Wildman–Crippen MR) is 44.0 cm³/mol. The van der Waals surface area contributed by atoms with E-state index in [0.29, 0.717) is 6.07 Å². The molecule has 1 heterocycles. The molecule has 1 aromatic rings. The van der Waals surface area contributed by atoms with Gasteiger partial charge in [-0.3, -0.25) is 4.79 Å². The van der Waals surface area contributed by atoms with Crippen LogP contribution in [0.25, 0.3) is 0 Å². The third-order valence-corrected chi connectivity index (χ3v) is 1.71. The molecule has 2 N–H and O–H groups in total. The number of aromatic nitrogens is 1. The maximum atomic E-state index is 12.4. The Morgan fingerprint density at radius 2 is 1.94 bits per heavy atom. The summed E-state index contributed by atoms with van der Waals surface area (Å²) in [5.74, 6) is -0.564. The molecule has 0 atom stereocenters. The first-order chi connectivity index (χ1) is 7.27. The SMILES string of the molecule is Nc1cc(C=O)c(C(F)(F)F)c(C(F)F)n1. The van der Waals surface area contributed by atoms with Crippen molar-refractivity contribution in [2.24, 2.45) is 0 Å². The molecule has 16 heavy (non-hydrogen) atoms. The Balaban J connectivity index is 3.58. The van der Waals surface area contributed by atoms with E-state index in [9.17, 15) is 26.7 Å². The summed E-state index contributed by atoms with van der Waals surface area (Å²) in [6.45, 7) is 0. The number of rotatable bonds is 2. The number of nitrogen functional groups attached to an aromatic ring is 1. The third kappa shape index (κ3) is 2.26. The highest BCUT2D eigenvalue weighted by Crippen LogP contribution is 2.37. The lowest BCUT2D eigenvalue weighted by Gasteiger charge is -2.14. The molecule has 0 spiro atoms. The number of hydrogen-bond donors (Lipinski definition) is 1. The number of carbonyl (C=O) groups is 1. The van der Waals surface area contributed by atoms with Crippen LogP contribution in [0.4, 0.5) is 27.8 Å². The molecule has 0 saturated heterocycles. The van der Waals surface area contributed by atoms with E-state index >= 15 is 0 Å². The molecule has 0 radical (unpaired) electrons. The monoisotopic (exact) mass is 240 g/mol. The van der Waals surface area contributed by atoms with Gasteiger partial charge in [0.25, 0.3) is 6.43 Å². The molecule has 0 bridgehead atoms. The van der Waals surface area contributed by atoms with Crippen LogP contribution in [0.15, 0.2) is 6.07 Å². The molecule has 0 aliphatic rings. The van der Waals surface area contributed by atoms with Crippen LogP contribution >= 0.6 is 0 Å². The van der Waals surface area contributed by atoms with E-state index in [0.717, 1.165) is 0 Å². The van der Waals surface area contributed by atoms with Gasteiger partial charge in [-0.2, -0.15) is 13.2 Å². The Hall–Kier alpha value is -1.73. The van der Waals surface area contributed by atoms with Crippen molar-refractivity contribution >= 4 is 12.1 Å². The van der Waals surface area contributed by atoms with Gasteiger partial charge in [0.1, 0.15) is 11.5 Å². The molecule has 0 aromatic carbocycles. The molecule has 8 heteroatoms. The van der Waals surface area contributed by atoms with Gasteiger partial charge in [-0.05, 0) is 6.07 Å². The first kappa shape index (κ1) is 12.3. The summed E-state index contributed by atoms with van der Waals surface area (Å²) >= 11 is 0. The summed E-state index contributed by atoms with van der Waals surface area (Å²) in [6.07, 6.45) is -8.73. The van der Waals surface area contributed by atoms with Crippen molar-refractivity contribution in [1.82, 2.24) is 4.98 Å². The summed E-state index contributed by atoms with van der Waals surface area (Å²) < 4.78 is 61.9. The van der Waals surface area contributed by atoms with E-state index in [4.69, 9.17) is 5.73 Å². The molecule has 1 rings (SSSR count). The maximum absolute atomic E-state index is 12.4. The van der Waals surface area contributed by atoms with Crippen molar-refractivity contribution in [3.05, 3.63) is 22.9 Å². The van der Waals surface area contributed by atoms with Crippen molar-refractivity contribution in [3.63, 3.8) is 0 Å². The number of carbonyl (C=O) groups excluding carboxylic acids is 1. The van der Waals surface area contributed by atoms with E-state index in [1.807, 2.05) is 0 Å². The van der Waals surface area contributed by atoms with Crippen LogP contribution in [-0.2, 0) is 6.18 Å². The summed E-state index contributed by atoms with van der Waals surface area (Å²) in [7, 11) is 0. The van der Waals surface area contributed by atoms with Gasteiger partial charge >= 0.3 is 6.18 Å². The first-order valence-electron chi connectivity index (χ1n) is 3.88. The summed E-state index contributed by atoms with van der Waals surface area (Å²) in [5, 5.41) is 0. The lowest BCUT2D eigenvalue weighted by atomic mass is 10.1. The molecule has 0 amide bonds. The van der Waals surface area contributed by atoms with Crippen LogP contribution in [-0.4, -0.2) is 11.3 Å². The normalized spacial score (nSPS) is 11.9. The van der Waals surface area contributed by atoms with Crippen LogP contribution in [0, 0.1) is 0 Å². The molecule has 3 nitrogen and oxygen atoms in total. The summed E-state index contributed by atoms with van der Waals surface area (Å²) in [6, 6.07) is 0.599. The zero-order chi connectivity index (χ0) is 12.5. The molecule has 1 aromatic heterocycles. The highest BCUT2D eigenvalue weighted by atomic mass is 19.4. The number of alkyl halides is 5. The van der Waals surface area contributed by atoms with E-state index in [2.05, 4.69) is 4.98 Å². The Bertz CT molecular complexity index is 416. The molecule has 0 fully saturated rings. The molecular formula is C8H5F5N2O. The van der Waals surface area contributed by atoms with E-state index in [1.54, 1.807) is 0 Å². The van der Waals surface area contributed by atoms with Gasteiger partial charge < -0.3 is 5.73 Å². The molecular weight excluding hydrogens is 235 g/mol. The second-order valence-corrected chi connectivity index (χ2v) is 2.81. The van der Waals surface area contributed by atoms with Gasteiger partial charge in [0.2, 0.25) is 0 Å². The Morgan fingerprint density at radius 1 is 1.38 bits per heavy atom. The van der Waals surface area contributed by atoms with Gasteiger partial charge in [0, 0.05) is 5.56 Å². The van der Waals surface area contributed by atoms with Crippen molar-refractivity contribution in [3.8, 4) is 0 Å². The first-order valence-corrected chi connectivity index (χ1v) is 3.88. The average molecular weight is 240 g/mol. The van der Waals surface area contributed by atoms with E-state index in [1.165, 1.54) is 0 Å². The highest BCUT2D eigenvalue weighted by molar-refractivity contribution is 5.79. The van der Waals surface area contributed by atoms with Crippen LogP contribution in [0.1, 0.15) is 28.0 Å². The molecule has 0 unspecified atom stereocenters. The topological polar surface area (TPSA) is 56.0 Å². The largest absolute Gasteiger partial charge is 0.419 e. The van der Waals surface area contributed by atoms with Gasteiger partial charge in [-0.1, -0.05) is 0 Å². The van der Waals surface area contributed by atoms with Crippen LogP contribution < -0.4 is 5.73 Å². The second kappa shape index (κ2) is 4.03. The zero-order valence-electron chi connectivity index (χ0n) is 7.55. The quantitative estimate of drug-likeness (QED) is 0.638. The minimum absolute atomic E-state index is 0.188. The molecule has 0 aliphatic heterocycles. The number of pyridine rings is 1. The summed E-state index contributed by atoms with van der Waals surface area (Å²) in [4.78, 5) is 13.3. The second-order valence-electron chi connectivity index (χ2n) is 2.81. The van der Waals surface area contributed by atoms with Gasteiger partial charge in [-0.15, -0.1) is 0 Å². The minimum Gasteiger partial charge on any atom is -0.384 e. The molecule has 88 valence electrons. The Morgan fingerprint density at radius 3 is 2.31 bits per heavy atom. The van der Waals surface area contributed by atoms with Crippen molar-refractivity contribution < 1.29 is 26.7 Å². The lowest BCUT2D eigenvalue weighted by Crippen LogP contribution is -2.16. The van der Waals surface area contributed by atoms with Gasteiger partial charge in [-0.25, -0.2) is 13.8 Å². The van der Waals surface area contributed by atoms with Gasteiger partial charge in [0.15, 0.2) is 6.29 Å². The smallest absolute Gasteiger partial charge is 0.384 e. The molecule has 0 saturated carbocycles. The zero-order valence-corrected chi connectivity index (χ0v) is 7.55. The Kier molecular flexibility index (Phi) is 3.11. The van der Waals surface area contributed by atoms with Crippen molar-refractivity contribution in [2.45, 2.75) is 12.6 Å². The van der Waals surface area contributed by atoms with E-state index < -0.39 is 35.2 Å². The number of hydrogen-bond acceptors (Lipinski definition) is 3. The van der Waals surface area contributed by atoms with Crippen LogP contribution in [0.5, 0.6) is 0 Å². The molecule has 0 aliphatic carbocycles. The number of nitrogens with two attached hydrogens (primary N) is 1. The number of nitrogens with zero attached hydrogens (tertiary/aromatic N) is 1. The fourth-order valence-corrected chi connectivity index (χ4v) is 1.17. The maximum Gasteiger partial charge on any atom is 0.419 e. The number of aldehydes is 1. The van der Waals surface area contributed by atoms with E-state index in [-0.39, 0.29) is 6.29 Å². The fourth-order valence-electron chi connectivity index (χ4n) is 1.17. The highest BCUT2D eigenvalue weighted by Gasteiger charge is 2.39. The third-order valence-electron chi connectivity index (χ3n) is 1.71. The number of halogens is 5.